The highest BCUT2D eigenvalue weighted by Gasteiger charge is 2.51. The predicted molar refractivity (Wildman–Crippen MR) is 93.4 cm³/mol. The molecule has 1 heterocycles. The van der Waals surface area contributed by atoms with E-state index in [0.717, 1.165) is 16.8 Å². The van der Waals surface area contributed by atoms with Gasteiger partial charge in [-0.2, -0.15) is 0 Å². The Labute approximate surface area is 140 Å². The highest BCUT2D eigenvalue weighted by atomic mass is 16.7. The van der Waals surface area contributed by atoms with Crippen LogP contribution in [0.5, 0.6) is 5.75 Å². The standard InChI is InChI=1S/C18H29BO4/c1-16(2,3)14-11-13(9-10-15(14)21-12-20-8)19-22-17(4,5)18(6,7)23-19/h9-11H,12H2,1-8H3. The molecule has 0 amide bonds. The third-order valence-electron chi connectivity index (χ3n) is 4.67. The average molecular weight is 320 g/mol. The lowest BCUT2D eigenvalue weighted by atomic mass is 9.75. The van der Waals surface area contributed by atoms with E-state index in [1.165, 1.54) is 0 Å². The van der Waals surface area contributed by atoms with Crippen LogP contribution in [0.4, 0.5) is 0 Å². The van der Waals surface area contributed by atoms with E-state index < -0.39 is 0 Å². The molecule has 1 saturated heterocycles. The van der Waals surface area contributed by atoms with Gasteiger partial charge in [0, 0.05) is 7.11 Å². The van der Waals surface area contributed by atoms with Gasteiger partial charge in [0.05, 0.1) is 11.2 Å². The summed E-state index contributed by atoms with van der Waals surface area (Å²) in [7, 11) is 1.26. The van der Waals surface area contributed by atoms with Crippen LogP contribution >= 0.6 is 0 Å². The number of methoxy groups -OCH3 is 1. The van der Waals surface area contributed by atoms with Crippen LogP contribution in [0.2, 0.25) is 0 Å². The van der Waals surface area contributed by atoms with Crippen molar-refractivity contribution in [3.05, 3.63) is 23.8 Å². The summed E-state index contributed by atoms with van der Waals surface area (Å²) in [5.41, 5.74) is 1.39. The first-order chi connectivity index (χ1) is 10.5. The van der Waals surface area contributed by atoms with Crippen molar-refractivity contribution < 1.29 is 18.8 Å². The molecule has 0 bridgehead atoms. The molecule has 0 radical (unpaired) electrons. The van der Waals surface area contributed by atoms with Gasteiger partial charge in [0.1, 0.15) is 5.75 Å². The summed E-state index contributed by atoms with van der Waals surface area (Å²) in [4.78, 5) is 0. The van der Waals surface area contributed by atoms with Gasteiger partial charge in [0.25, 0.3) is 0 Å². The summed E-state index contributed by atoms with van der Waals surface area (Å²) < 4.78 is 23.0. The first-order valence-corrected chi connectivity index (χ1v) is 8.10. The van der Waals surface area contributed by atoms with Crippen LogP contribution in [0, 0.1) is 0 Å². The minimum Gasteiger partial charge on any atom is -0.467 e. The summed E-state index contributed by atoms with van der Waals surface area (Å²) in [5.74, 6) is 0.833. The molecule has 0 aromatic heterocycles. The van der Waals surface area contributed by atoms with Crippen molar-refractivity contribution in [1.82, 2.24) is 0 Å². The quantitative estimate of drug-likeness (QED) is 0.630. The fraction of sp³-hybridized carbons (Fsp3) is 0.667. The summed E-state index contributed by atoms with van der Waals surface area (Å²) in [5, 5.41) is 0. The summed E-state index contributed by atoms with van der Waals surface area (Å²) in [6.45, 7) is 15.0. The van der Waals surface area contributed by atoms with Gasteiger partial charge in [-0.1, -0.05) is 32.9 Å². The maximum absolute atomic E-state index is 6.15. The molecule has 0 saturated carbocycles. The van der Waals surface area contributed by atoms with Crippen LogP contribution in [0.1, 0.15) is 54.0 Å². The first-order valence-electron chi connectivity index (χ1n) is 8.10. The van der Waals surface area contributed by atoms with Gasteiger partial charge in [-0.05, 0) is 50.2 Å². The van der Waals surface area contributed by atoms with E-state index in [-0.39, 0.29) is 30.5 Å². The molecule has 0 aliphatic carbocycles. The van der Waals surface area contributed by atoms with Gasteiger partial charge in [-0.3, -0.25) is 0 Å². The smallest absolute Gasteiger partial charge is 0.467 e. The minimum absolute atomic E-state index is 0.0529. The van der Waals surface area contributed by atoms with Crippen molar-refractivity contribution in [1.29, 1.82) is 0 Å². The number of hydrogen-bond acceptors (Lipinski definition) is 4. The Bertz CT molecular complexity index is 545. The summed E-state index contributed by atoms with van der Waals surface area (Å²) >= 11 is 0. The third kappa shape index (κ3) is 3.73. The average Bonchev–Trinajstić information content (AvgIpc) is 2.64. The predicted octanol–water partition coefficient (Wildman–Crippen LogP) is 3.27. The first kappa shape index (κ1) is 18.3. The molecule has 5 heteroatoms. The highest BCUT2D eigenvalue weighted by molar-refractivity contribution is 6.62. The van der Waals surface area contributed by atoms with Gasteiger partial charge < -0.3 is 18.8 Å². The molecule has 2 rings (SSSR count). The van der Waals surface area contributed by atoms with E-state index >= 15 is 0 Å². The lowest BCUT2D eigenvalue weighted by Gasteiger charge is -2.32. The van der Waals surface area contributed by atoms with E-state index in [9.17, 15) is 0 Å². The molecular formula is C18H29BO4. The highest BCUT2D eigenvalue weighted by Crippen LogP contribution is 2.37. The fourth-order valence-electron chi connectivity index (χ4n) is 2.51. The minimum atomic E-state index is -0.363. The normalized spacial score (nSPS) is 19.9. The maximum Gasteiger partial charge on any atom is 0.494 e. The topological polar surface area (TPSA) is 36.9 Å². The Morgan fingerprint density at radius 3 is 2.09 bits per heavy atom. The van der Waals surface area contributed by atoms with Crippen LogP contribution in [-0.4, -0.2) is 32.2 Å². The molecule has 128 valence electrons. The van der Waals surface area contributed by atoms with Crippen molar-refractivity contribution in [3.63, 3.8) is 0 Å². The Kier molecular flexibility index (Phi) is 4.87. The lowest BCUT2D eigenvalue weighted by molar-refractivity contribution is 0.00578. The van der Waals surface area contributed by atoms with Crippen molar-refractivity contribution in [2.45, 2.75) is 65.1 Å². The molecule has 0 atom stereocenters. The van der Waals surface area contributed by atoms with Crippen LogP contribution < -0.4 is 10.2 Å². The lowest BCUT2D eigenvalue weighted by Crippen LogP contribution is -2.41. The molecule has 1 aromatic carbocycles. The molecule has 1 fully saturated rings. The maximum atomic E-state index is 6.15. The summed E-state index contributed by atoms with van der Waals surface area (Å²) in [6.07, 6.45) is 0. The SMILES string of the molecule is COCOc1ccc(B2OC(C)(C)C(C)(C)O2)cc1C(C)(C)C. The number of ether oxygens (including phenoxy) is 2. The van der Waals surface area contributed by atoms with Gasteiger partial charge >= 0.3 is 7.12 Å². The van der Waals surface area contributed by atoms with E-state index in [1.807, 2.05) is 12.1 Å². The summed E-state index contributed by atoms with van der Waals surface area (Å²) in [6, 6.07) is 6.09. The van der Waals surface area contributed by atoms with Crippen molar-refractivity contribution in [3.8, 4) is 5.75 Å². The van der Waals surface area contributed by atoms with E-state index in [1.54, 1.807) is 7.11 Å². The molecule has 1 aromatic rings. The van der Waals surface area contributed by atoms with Gasteiger partial charge in [-0.15, -0.1) is 0 Å². The monoisotopic (exact) mass is 320 g/mol. The second kappa shape index (κ2) is 6.12. The zero-order valence-corrected chi connectivity index (χ0v) is 15.6. The van der Waals surface area contributed by atoms with Crippen molar-refractivity contribution >= 4 is 12.6 Å². The number of benzene rings is 1. The number of rotatable bonds is 4. The Balaban J connectivity index is 2.35. The van der Waals surface area contributed by atoms with Crippen molar-refractivity contribution in [2.24, 2.45) is 0 Å². The zero-order chi connectivity index (χ0) is 17.5. The van der Waals surface area contributed by atoms with Crippen molar-refractivity contribution in [2.75, 3.05) is 13.9 Å². The molecule has 0 unspecified atom stereocenters. The third-order valence-corrected chi connectivity index (χ3v) is 4.67. The molecule has 23 heavy (non-hydrogen) atoms. The molecule has 1 aliphatic heterocycles. The van der Waals surface area contributed by atoms with Gasteiger partial charge in [0.2, 0.25) is 0 Å². The zero-order valence-electron chi connectivity index (χ0n) is 15.6. The van der Waals surface area contributed by atoms with Crippen LogP contribution in [-0.2, 0) is 19.5 Å². The fourth-order valence-corrected chi connectivity index (χ4v) is 2.51. The van der Waals surface area contributed by atoms with E-state index in [4.69, 9.17) is 18.8 Å². The van der Waals surface area contributed by atoms with E-state index in [2.05, 4.69) is 54.5 Å². The van der Waals surface area contributed by atoms with Gasteiger partial charge in [0.15, 0.2) is 6.79 Å². The van der Waals surface area contributed by atoms with E-state index in [0.29, 0.717) is 0 Å². The molecule has 0 spiro atoms. The second-order valence-electron chi connectivity index (χ2n) is 8.14. The van der Waals surface area contributed by atoms with Crippen LogP contribution in [0.15, 0.2) is 18.2 Å². The largest absolute Gasteiger partial charge is 0.494 e. The Hall–Kier alpha value is -1.04. The molecule has 0 N–H and O–H groups in total. The second-order valence-corrected chi connectivity index (χ2v) is 8.14. The Morgan fingerprint density at radius 1 is 1.04 bits per heavy atom. The molecule has 1 aliphatic rings. The molecule has 4 nitrogen and oxygen atoms in total. The number of hydrogen-bond donors (Lipinski definition) is 0. The van der Waals surface area contributed by atoms with Gasteiger partial charge in [-0.25, -0.2) is 0 Å². The molecular weight excluding hydrogens is 291 g/mol. The van der Waals surface area contributed by atoms with Crippen LogP contribution in [0.3, 0.4) is 0 Å². The Morgan fingerprint density at radius 2 is 1.61 bits per heavy atom. The van der Waals surface area contributed by atoms with Crippen LogP contribution in [0.25, 0.3) is 0 Å².